The van der Waals surface area contributed by atoms with Crippen molar-refractivity contribution < 1.29 is 4.74 Å². The van der Waals surface area contributed by atoms with Crippen molar-refractivity contribution in [2.24, 2.45) is 5.92 Å². The maximum atomic E-state index is 5.24. The summed E-state index contributed by atoms with van der Waals surface area (Å²) in [5.41, 5.74) is 0. The van der Waals surface area contributed by atoms with Gasteiger partial charge in [0, 0.05) is 25.7 Å². The summed E-state index contributed by atoms with van der Waals surface area (Å²) in [5, 5.41) is 3.51. The lowest BCUT2D eigenvalue weighted by atomic mass is 9.95. The van der Waals surface area contributed by atoms with E-state index in [9.17, 15) is 0 Å². The summed E-state index contributed by atoms with van der Waals surface area (Å²) >= 11 is 0. The van der Waals surface area contributed by atoms with E-state index < -0.39 is 0 Å². The molecule has 1 aliphatic heterocycles. The van der Waals surface area contributed by atoms with Crippen LogP contribution in [0.3, 0.4) is 0 Å². The van der Waals surface area contributed by atoms with Crippen molar-refractivity contribution in [1.82, 2.24) is 10.2 Å². The Labute approximate surface area is 94.2 Å². The smallest absolute Gasteiger partial charge is 0.0615 e. The van der Waals surface area contributed by atoms with E-state index in [1.165, 1.54) is 13.0 Å². The molecule has 1 rings (SSSR count). The average Bonchev–Trinajstić information content (AvgIpc) is 2.19. The normalized spacial score (nSPS) is 29.4. The first-order valence-electron chi connectivity index (χ1n) is 6.14. The molecular formula is C12H26N2O. The average molecular weight is 214 g/mol. The second-order valence-electron chi connectivity index (χ2n) is 4.79. The highest BCUT2D eigenvalue weighted by Crippen LogP contribution is 2.17. The Kier molecular flexibility index (Phi) is 5.58. The highest BCUT2D eigenvalue weighted by atomic mass is 16.5. The van der Waals surface area contributed by atoms with Crippen molar-refractivity contribution in [1.29, 1.82) is 0 Å². The van der Waals surface area contributed by atoms with Crippen LogP contribution in [0, 0.1) is 5.92 Å². The fourth-order valence-electron chi connectivity index (χ4n) is 2.65. The third-order valence-corrected chi connectivity index (χ3v) is 3.36. The topological polar surface area (TPSA) is 24.5 Å². The third kappa shape index (κ3) is 3.74. The summed E-state index contributed by atoms with van der Waals surface area (Å²) in [6.45, 7) is 11.1. The van der Waals surface area contributed by atoms with Crippen LogP contribution >= 0.6 is 0 Å². The lowest BCUT2D eigenvalue weighted by molar-refractivity contribution is 0.0567. The molecule has 3 nitrogen and oxygen atoms in total. The lowest BCUT2D eigenvalue weighted by Gasteiger charge is -2.39. The molecule has 3 unspecified atom stereocenters. The van der Waals surface area contributed by atoms with E-state index in [1.54, 1.807) is 7.11 Å². The van der Waals surface area contributed by atoms with Crippen LogP contribution < -0.4 is 5.32 Å². The zero-order valence-corrected chi connectivity index (χ0v) is 10.6. The van der Waals surface area contributed by atoms with E-state index in [4.69, 9.17) is 4.74 Å². The fraction of sp³-hybridized carbons (Fsp3) is 1.00. The van der Waals surface area contributed by atoms with E-state index in [0.717, 1.165) is 25.6 Å². The van der Waals surface area contributed by atoms with Crippen LogP contribution in [0.4, 0.5) is 0 Å². The number of hydrogen-bond acceptors (Lipinski definition) is 3. The van der Waals surface area contributed by atoms with Gasteiger partial charge >= 0.3 is 0 Å². The van der Waals surface area contributed by atoms with Gasteiger partial charge in [-0.3, -0.25) is 4.90 Å². The molecule has 0 aliphatic carbocycles. The molecule has 0 saturated carbocycles. The first kappa shape index (κ1) is 12.9. The van der Waals surface area contributed by atoms with Crippen molar-refractivity contribution >= 4 is 0 Å². The summed E-state index contributed by atoms with van der Waals surface area (Å²) in [4.78, 5) is 2.56. The maximum absolute atomic E-state index is 5.24. The van der Waals surface area contributed by atoms with Crippen molar-refractivity contribution in [3.8, 4) is 0 Å². The Hall–Kier alpha value is -0.120. The number of nitrogens with zero attached hydrogens (tertiary/aromatic N) is 1. The highest BCUT2D eigenvalue weighted by molar-refractivity contribution is 4.83. The van der Waals surface area contributed by atoms with E-state index >= 15 is 0 Å². The van der Waals surface area contributed by atoms with Crippen molar-refractivity contribution in [2.75, 3.05) is 33.4 Å². The number of likely N-dealkylation sites (N-methyl/N-ethyl adjacent to an activating group) is 1. The Balaban J connectivity index is 2.48. The monoisotopic (exact) mass is 214 g/mol. The molecule has 0 amide bonds. The molecule has 0 aromatic rings. The van der Waals surface area contributed by atoms with Crippen LogP contribution in [0.5, 0.6) is 0 Å². The highest BCUT2D eigenvalue weighted by Gasteiger charge is 2.26. The van der Waals surface area contributed by atoms with Gasteiger partial charge in [-0.05, 0) is 32.4 Å². The molecule has 0 aromatic heterocycles. The third-order valence-electron chi connectivity index (χ3n) is 3.36. The molecular weight excluding hydrogens is 188 g/mol. The number of ether oxygens (including phenoxy) is 1. The van der Waals surface area contributed by atoms with E-state index in [0.29, 0.717) is 12.1 Å². The second-order valence-corrected chi connectivity index (χ2v) is 4.79. The van der Waals surface area contributed by atoms with Crippen molar-refractivity contribution in [3.05, 3.63) is 0 Å². The summed E-state index contributed by atoms with van der Waals surface area (Å²) < 4.78 is 5.24. The molecule has 0 spiro atoms. The predicted molar refractivity (Wildman–Crippen MR) is 64.2 cm³/mol. The summed E-state index contributed by atoms with van der Waals surface area (Å²) in [6, 6.07) is 1.21. The molecule has 1 fully saturated rings. The molecule has 1 N–H and O–H groups in total. The van der Waals surface area contributed by atoms with E-state index in [2.05, 4.69) is 31.0 Å². The molecule has 0 aromatic carbocycles. The van der Waals surface area contributed by atoms with Gasteiger partial charge in [0.1, 0.15) is 0 Å². The first-order valence-corrected chi connectivity index (χ1v) is 6.14. The molecule has 0 bridgehead atoms. The van der Waals surface area contributed by atoms with Crippen molar-refractivity contribution in [2.45, 2.75) is 39.3 Å². The Morgan fingerprint density at radius 1 is 1.47 bits per heavy atom. The molecule has 1 heterocycles. The standard InChI is InChI=1S/C12H26N2O/c1-5-14(11(3)9-15-4)12-6-10(2)7-13-8-12/h10-13H,5-9H2,1-4H3. The van der Waals surface area contributed by atoms with Crippen LogP contribution in [0.2, 0.25) is 0 Å². The summed E-state index contributed by atoms with van der Waals surface area (Å²) in [5.74, 6) is 0.799. The summed E-state index contributed by atoms with van der Waals surface area (Å²) in [6.07, 6.45) is 1.31. The number of rotatable bonds is 5. The Morgan fingerprint density at radius 3 is 2.73 bits per heavy atom. The fourth-order valence-corrected chi connectivity index (χ4v) is 2.65. The minimum absolute atomic E-state index is 0.525. The van der Waals surface area contributed by atoms with Gasteiger partial charge in [-0.25, -0.2) is 0 Å². The van der Waals surface area contributed by atoms with Gasteiger partial charge in [0.2, 0.25) is 0 Å². The number of nitrogens with one attached hydrogen (secondary N) is 1. The maximum Gasteiger partial charge on any atom is 0.0615 e. The largest absolute Gasteiger partial charge is 0.383 e. The molecule has 1 saturated heterocycles. The molecule has 0 radical (unpaired) electrons. The minimum atomic E-state index is 0.525. The zero-order valence-electron chi connectivity index (χ0n) is 10.6. The van der Waals surface area contributed by atoms with Gasteiger partial charge in [0.15, 0.2) is 0 Å². The molecule has 3 atom stereocenters. The van der Waals surface area contributed by atoms with Crippen LogP contribution in [0.25, 0.3) is 0 Å². The Morgan fingerprint density at radius 2 is 2.20 bits per heavy atom. The molecule has 90 valence electrons. The Bertz CT molecular complexity index is 175. The van der Waals surface area contributed by atoms with Crippen molar-refractivity contribution in [3.63, 3.8) is 0 Å². The lowest BCUT2D eigenvalue weighted by Crippen LogP contribution is -2.52. The van der Waals surface area contributed by atoms with Crippen LogP contribution in [0.1, 0.15) is 27.2 Å². The van der Waals surface area contributed by atoms with Gasteiger partial charge in [0.05, 0.1) is 6.61 Å². The van der Waals surface area contributed by atoms with Crippen LogP contribution in [-0.2, 0) is 4.74 Å². The molecule has 1 aliphatic rings. The SMILES string of the molecule is CCN(C(C)COC)C1CNCC(C)C1. The summed E-state index contributed by atoms with van der Waals surface area (Å²) in [7, 11) is 1.78. The molecule has 3 heteroatoms. The van der Waals surface area contributed by atoms with Gasteiger partial charge in [-0.2, -0.15) is 0 Å². The van der Waals surface area contributed by atoms with E-state index in [1.807, 2.05) is 0 Å². The quantitative estimate of drug-likeness (QED) is 0.747. The van der Waals surface area contributed by atoms with E-state index in [-0.39, 0.29) is 0 Å². The second kappa shape index (κ2) is 6.46. The number of hydrogen-bond donors (Lipinski definition) is 1. The van der Waals surface area contributed by atoms with Gasteiger partial charge in [0.25, 0.3) is 0 Å². The van der Waals surface area contributed by atoms with Crippen LogP contribution in [0.15, 0.2) is 0 Å². The van der Waals surface area contributed by atoms with Gasteiger partial charge in [-0.15, -0.1) is 0 Å². The number of piperidine rings is 1. The molecule has 15 heavy (non-hydrogen) atoms. The van der Waals surface area contributed by atoms with Gasteiger partial charge in [-0.1, -0.05) is 13.8 Å². The zero-order chi connectivity index (χ0) is 11.3. The number of methoxy groups -OCH3 is 1. The van der Waals surface area contributed by atoms with Crippen LogP contribution in [-0.4, -0.2) is 50.3 Å². The minimum Gasteiger partial charge on any atom is -0.383 e. The van der Waals surface area contributed by atoms with Gasteiger partial charge < -0.3 is 10.1 Å². The first-order chi connectivity index (χ1) is 7.19. The predicted octanol–water partition coefficient (Wildman–Crippen LogP) is 1.34.